The first-order valence-electron chi connectivity index (χ1n) is 7.67. The molecule has 0 aliphatic heterocycles. The first-order chi connectivity index (χ1) is 12.8. The second-order valence-electron chi connectivity index (χ2n) is 5.58. The van der Waals surface area contributed by atoms with E-state index in [0.717, 1.165) is 12.1 Å². The highest BCUT2D eigenvalue weighted by atomic mass is 19.4. The second-order valence-corrected chi connectivity index (χ2v) is 5.58. The zero-order valence-electron chi connectivity index (χ0n) is 13.9. The Bertz CT molecular complexity index is 975. The van der Waals surface area contributed by atoms with Gasteiger partial charge in [0.05, 0.1) is 23.8 Å². The van der Waals surface area contributed by atoms with Crippen molar-refractivity contribution in [2.75, 3.05) is 10.6 Å². The van der Waals surface area contributed by atoms with Crippen molar-refractivity contribution in [3.63, 3.8) is 0 Å². The Balaban J connectivity index is 1.87. The zero-order valence-corrected chi connectivity index (χ0v) is 13.9. The van der Waals surface area contributed by atoms with Gasteiger partial charge < -0.3 is 19.5 Å². The molecule has 2 N–H and O–H groups in total. The Hall–Kier alpha value is -3.49. The van der Waals surface area contributed by atoms with Crippen molar-refractivity contribution in [1.82, 2.24) is 0 Å². The molecule has 0 saturated carbocycles. The molecule has 3 rings (SSSR count). The largest absolute Gasteiger partial charge is 0.459 e. The molecule has 27 heavy (non-hydrogen) atoms. The third kappa shape index (κ3) is 4.02. The maximum Gasteiger partial charge on any atom is 0.418 e. The van der Waals surface area contributed by atoms with Gasteiger partial charge in [-0.2, -0.15) is 13.2 Å². The molecule has 2 amide bonds. The van der Waals surface area contributed by atoms with Crippen LogP contribution in [0.1, 0.15) is 32.2 Å². The van der Waals surface area contributed by atoms with Crippen molar-refractivity contribution < 1.29 is 31.6 Å². The molecule has 140 valence electrons. The van der Waals surface area contributed by atoms with Crippen LogP contribution in [0.15, 0.2) is 57.8 Å². The lowest BCUT2D eigenvalue weighted by molar-refractivity contribution is -0.136. The van der Waals surface area contributed by atoms with Crippen LogP contribution in [0, 0.1) is 6.92 Å². The van der Waals surface area contributed by atoms with E-state index in [1.165, 1.54) is 36.8 Å². The zero-order chi connectivity index (χ0) is 19.6. The molecule has 6 nitrogen and oxygen atoms in total. The smallest absolute Gasteiger partial charge is 0.418 e. The molecular formula is C18H13F3N2O4. The maximum absolute atomic E-state index is 13.4. The van der Waals surface area contributed by atoms with Crippen LogP contribution in [0.25, 0.3) is 0 Å². The fraction of sp³-hybridized carbons (Fsp3) is 0.111. The number of furan rings is 2. The third-order valence-electron chi connectivity index (χ3n) is 3.64. The van der Waals surface area contributed by atoms with Gasteiger partial charge in [-0.3, -0.25) is 9.59 Å². The minimum Gasteiger partial charge on any atom is -0.459 e. The predicted molar refractivity (Wildman–Crippen MR) is 89.5 cm³/mol. The molecule has 9 heteroatoms. The summed E-state index contributed by atoms with van der Waals surface area (Å²) in [7, 11) is 0. The van der Waals surface area contributed by atoms with Crippen molar-refractivity contribution >= 4 is 23.2 Å². The van der Waals surface area contributed by atoms with Crippen molar-refractivity contribution in [3.8, 4) is 0 Å². The maximum atomic E-state index is 13.4. The Morgan fingerprint density at radius 2 is 1.74 bits per heavy atom. The minimum atomic E-state index is -4.76. The second kappa shape index (κ2) is 7.02. The fourth-order valence-electron chi connectivity index (χ4n) is 2.35. The molecule has 2 aromatic heterocycles. The first-order valence-corrected chi connectivity index (χ1v) is 7.67. The van der Waals surface area contributed by atoms with E-state index in [2.05, 4.69) is 10.6 Å². The Morgan fingerprint density at radius 3 is 2.33 bits per heavy atom. The van der Waals surface area contributed by atoms with Gasteiger partial charge in [0.25, 0.3) is 11.8 Å². The van der Waals surface area contributed by atoms with Crippen LogP contribution >= 0.6 is 0 Å². The molecule has 0 spiro atoms. The van der Waals surface area contributed by atoms with Crippen LogP contribution < -0.4 is 10.6 Å². The molecule has 3 aromatic rings. The van der Waals surface area contributed by atoms with Gasteiger partial charge in [-0.1, -0.05) is 0 Å². The van der Waals surface area contributed by atoms with E-state index >= 15 is 0 Å². The standard InChI is InChI=1S/C18H13F3N2O4/c1-10-6-8-27-15(10)17(25)23-13-5-4-11(9-12(13)18(19,20)21)22-16(24)14-3-2-7-26-14/h2-9H,1H3,(H,22,24)(H,23,25). The highest BCUT2D eigenvalue weighted by Crippen LogP contribution is 2.37. The normalized spacial score (nSPS) is 11.3. The SMILES string of the molecule is Cc1ccoc1C(=O)Nc1ccc(NC(=O)c2ccco2)cc1C(F)(F)F. The number of hydrogen-bond donors (Lipinski definition) is 2. The van der Waals surface area contributed by atoms with Crippen molar-refractivity contribution in [1.29, 1.82) is 0 Å². The summed E-state index contributed by atoms with van der Waals surface area (Å²) in [6.45, 7) is 1.59. The topological polar surface area (TPSA) is 84.5 Å². The Labute approximate surface area is 151 Å². The number of amides is 2. The number of benzene rings is 1. The summed E-state index contributed by atoms with van der Waals surface area (Å²) in [4.78, 5) is 24.1. The van der Waals surface area contributed by atoms with Crippen LogP contribution in [-0.2, 0) is 6.18 Å². The van der Waals surface area contributed by atoms with Crippen LogP contribution in [0.2, 0.25) is 0 Å². The van der Waals surface area contributed by atoms with Gasteiger partial charge in [-0.25, -0.2) is 0 Å². The summed E-state index contributed by atoms with van der Waals surface area (Å²) in [6.07, 6.45) is -2.22. The van der Waals surface area contributed by atoms with E-state index in [1.54, 1.807) is 6.92 Å². The van der Waals surface area contributed by atoms with E-state index < -0.39 is 29.2 Å². The monoisotopic (exact) mass is 378 g/mol. The van der Waals surface area contributed by atoms with Gasteiger partial charge in [0.15, 0.2) is 11.5 Å². The fourth-order valence-corrected chi connectivity index (χ4v) is 2.35. The van der Waals surface area contributed by atoms with Crippen LogP contribution in [0.4, 0.5) is 24.5 Å². The molecule has 0 radical (unpaired) electrons. The minimum absolute atomic E-state index is 0.0470. The highest BCUT2D eigenvalue weighted by Gasteiger charge is 2.35. The van der Waals surface area contributed by atoms with Crippen molar-refractivity contribution in [3.05, 3.63) is 71.6 Å². The summed E-state index contributed by atoms with van der Waals surface area (Å²) in [5, 5.41) is 4.49. The number of nitrogens with one attached hydrogen (secondary N) is 2. The van der Waals surface area contributed by atoms with Gasteiger partial charge >= 0.3 is 6.18 Å². The van der Waals surface area contributed by atoms with E-state index in [-0.39, 0.29) is 17.2 Å². The van der Waals surface area contributed by atoms with Crippen LogP contribution in [0.3, 0.4) is 0 Å². The molecule has 0 aliphatic rings. The molecule has 0 fully saturated rings. The molecule has 0 aliphatic carbocycles. The van der Waals surface area contributed by atoms with Crippen molar-refractivity contribution in [2.24, 2.45) is 0 Å². The Morgan fingerprint density at radius 1 is 0.963 bits per heavy atom. The number of halogens is 3. The molecule has 2 heterocycles. The molecule has 0 saturated heterocycles. The molecular weight excluding hydrogens is 365 g/mol. The van der Waals surface area contributed by atoms with Gasteiger partial charge in [0.1, 0.15) is 0 Å². The van der Waals surface area contributed by atoms with Crippen LogP contribution in [-0.4, -0.2) is 11.8 Å². The lowest BCUT2D eigenvalue weighted by atomic mass is 10.1. The third-order valence-corrected chi connectivity index (χ3v) is 3.64. The van der Waals surface area contributed by atoms with E-state index in [4.69, 9.17) is 8.83 Å². The molecule has 0 bridgehead atoms. The summed E-state index contributed by atoms with van der Waals surface area (Å²) in [6, 6.07) is 7.39. The summed E-state index contributed by atoms with van der Waals surface area (Å²) < 4.78 is 50.1. The molecule has 0 unspecified atom stereocenters. The number of alkyl halides is 3. The van der Waals surface area contributed by atoms with E-state index in [9.17, 15) is 22.8 Å². The highest BCUT2D eigenvalue weighted by molar-refractivity contribution is 6.04. The lowest BCUT2D eigenvalue weighted by Crippen LogP contribution is -2.18. The molecule has 1 aromatic carbocycles. The quantitative estimate of drug-likeness (QED) is 0.689. The Kier molecular flexibility index (Phi) is 4.76. The number of hydrogen-bond acceptors (Lipinski definition) is 4. The first kappa shape index (κ1) is 18.3. The number of anilines is 2. The van der Waals surface area contributed by atoms with Crippen LogP contribution in [0.5, 0.6) is 0 Å². The van der Waals surface area contributed by atoms with E-state index in [1.807, 2.05) is 0 Å². The van der Waals surface area contributed by atoms with Gasteiger partial charge in [0, 0.05) is 11.3 Å². The molecule has 0 atom stereocenters. The number of aryl methyl sites for hydroxylation is 1. The number of carbonyl (C=O) groups is 2. The summed E-state index contributed by atoms with van der Waals surface area (Å²) in [5.74, 6) is -1.64. The summed E-state index contributed by atoms with van der Waals surface area (Å²) in [5.41, 5.74) is -1.18. The average Bonchev–Trinajstić information content (AvgIpc) is 3.26. The van der Waals surface area contributed by atoms with Crippen molar-refractivity contribution in [2.45, 2.75) is 13.1 Å². The lowest BCUT2D eigenvalue weighted by Gasteiger charge is -2.15. The summed E-state index contributed by atoms with van der Waals surface area (Å²) >= 11 is 0. The average molecular weight is 378 g/mol. The van der Waals surface area contributed by atoms with Gasteiger partial charge in [-0.15, -0.1) is 0 Å². The van der Waals surface area contributed by atoms with Gasteiger partial charge in [-0.05, 0) is 43.3 Å². The predicted octanol–water partition coefficient (Wildman–Crippen LogP) is 4.70. The van der Waals surface area contributed by atoms with Gasteiger partial charge in [0.2, 0.25) is 0 Å². The number of carbonyl (C=O) groups excluding carboxylic acids is 2. The van der Waals surface area contributed by atoms with E-state index in [0.29, 0.717) is 5.56 Å². The number of rotatable bonds is 4.